The highest BCUT2D eigenvalue weighted by Crippen LogP contribution is 2.20. The van der Waals surface area contributed by atoms with Crippen molar-refractivity contribution in [2.45, 2.75) is 24.5 Å². The molecule has 1 aliphatic heterocycles. The summed E-state index contributed by atoms with van der Waals surface area (Å²) in [6.45, 7) is 0. The molecule has 1 unspecified atom stereocenters. The Kier molecular flexibility index (Phi) is 3.12. The van der Waals surface area contributed by atoms with Crippen LogP contribution in [0, 0.1) is 0 Å². The van der Waals surface area contributed by atoms with Gasteiger partial charge < -0.3 is 0 Å². The van der Waals surface area contributed by atoms with Crippen LogP contribution in [0.1, 0.15) is 19.3 Å². The molecular weight excluding hydrogens is 200 g/mol. The number of hydrogen-bond acceptors (Lipinski definition) is 3. The number of carbonyl (C=O) groups is 1. The van der Waals surface area contributed by atoms with E-state index in [1.165, 1.54) is 0 Å². The Labute approximate surface area is 77.0 Å². The molecular formula is C7H11ClO3S. The number of rotatable bonds is 2. The van der Waals surface area contributed by atoms with Gasteiger partial charge in [0.25, 0.3) is 0 Å². The highest BCUT2D eigenvalue weighted by Gasteiger charge is 2.33. The topological polar surface area (TPSA) is 51.2 Å². The average molecular weight is 211 g/mol. The Morgan fingerprint density at radius 3 is 2.58 bits per heavy atom. The van der Waals surface area contributed by atoms with Gasteiger partial charge in [0.1, 0.15) is 5.25 Å². The molecule has 70 valence electrons. The number of carbonyl (C=O) groups excluding carboxylic acids is 1. The zero-order valence-corrected chi connectivity index (χ0v) is 8.20. The Morgan fingerprint density at radius 2 is 2.08 bits per heavy atom. The van der Waals surface area contributed by atoms with Gasteiger partial charge >= 0.3 is 0 Å². The Balaban J connectivity index is 2.80. The summed E-state index contributed by atoms with van der Waals surface area (Å²) >= 11 is 5.30. The maximum Gasteiger partial charge on any atom is 0.165 e. The normalized spacial score (nSPS) is 28.2. The van der Waals surface area contributed by atoms with Gasteiger partial charge in [-0.05, 0) is 12.8 Å². The number of Topliss-reactive ketones (excluding diaryl/α,β-unsaturated/α-hetero) is 1. The molecule has 0 aliphatic carbocycles. The van der Waals surface area contributed by atoms with Crippen LogP contribution in [0.5, 0.6) is 0 Å². The predicted octanol–water partition coefficient (Wildman–Crippen LogP) is 0.762. The van der Waals surface area contributed by atoms with E-state index < -0.39 is 15.1 Å². The lowest BCUT2D eigenvalue weighted by molar-refractivity contribution is -0.116. The standard InChI is InChI=1S/C7H11ClO3S/c8-5-6(9)7-3-1-2-4-12(7,10)11/h7H,1-5H2. The molecule has 12 heavy (non-hydrogen) atoms. The first kappa shape index (κ1) is 9.99. The Bertz CT molecular complexity index is 270. The lowest BCUT2D eigenvalue weighted by Crippen LogP contribution is -2.36. The molecule has 0 saturated carbocycles. The van der Waals surface area contributed by atoms with Crippen LogP contribution in [0.2, 0.25) is 0 Å². The zero-order chi connectivity index (χ0) is 9.19. The van der Waals surface area contributed by atoms with Crippen LogP contribution in [0.3, 0.4) is 0 Å². The minimum atomic E-state index is -3.17. The lowest BCUT2D eigenvalue weighted by Gasteiger charge is -2.19. The van der Waals surface area contributed by atoms with Gasteiger partial charge in [-0.1, -0.05) is 6.42 Å². The number of sulfone groups is 1. The summed E-state index contributed by atoms with van der Waals surface area (Å²) in [5.74, 6) is -0.402. The van der Waals surface area contributed by atoms with Crippen molar-refractivity contribution in [2.24, 2.45) is 0 Å². The molecule has 1 heterocycles. The van der Waals surface area contributed by atoms with E-state index in [-0.39, 0.29) is 17.4 Å². The fourth-order valence-corrected chi connectivity index (χ4v) is 3.58. The first-order valence-corrected chi connectivity index (χ1v) is 6.13. The second-order valence-electron chi connectivity index (χ2n) is 2.95. The van der Waals surface area contributed by atoms with Gasteiger partial charge in [0, 0.05) is 0 Å². The SMILES string of the molecule is O=C(CCl)C1CCCCS1(=O)=O. The summed E-state index contributed by atoms with van der Waals surface area (Å²) in [5.41, 5.74) is 0. The molecule has 3 nitrogen and oxygen atoms in total. The summed E-state index contributed by atoms with van der Waals surface area (Å²) < 4.78 is 22.6. The van der Waals surface area contributed by atoms with E-state index in [0.29, 0.717) is 12.8 Å². The molecule has 1 saturated heterocycles. The lowest BCUT2D eigenvalue weighted by atomic mass is 10.1. The fourth-order valence-electron chi connectivity index (χ4n) is 1.40. The van der Waals surface area contributed by atoms with E-state index >= 15 is 0 Å². The van der Waals surface area contributed by atoms with E-state index in [4.69, 9.17) is 11.6 Å². The minimum Gasteiger partial charge on any atom is -0.297 e. The minimum absolute atomic E-state index is 0.139. The molecule has 0 radical (unpaired) electrons. The zero-order valence-electron chi connectivity index (χ0n) is 6.62. The molecule has 0 N–H and O–H groups in total. The van der Waals surface area contributed by atoms with Crippen molar-refractivity contribution in [1.29, 1.82) is 0 Å². The maximum atomic E-state index is 11.3. The van der Waals surface area contributed by atoms with Gasteiger partial charge in [0.2, 0.25) is 0 Å². The molecule has 1 rings (SSSR count). The van der Waals surface area contributed by atoms with E-state index in [0.717, 1.165) is 6.42 Å². The molecule has 1 fully saturated rings. The first-order valence-electron chi connectivity index (χ1n) is 3.88. The number of alkyl halides is 1. The fraction of sp³-hybridized carbons (Fsp3) is 0.857. The van der Waals surface area contributed by atoms with Gasteiger partial charge in [0.05, 0.1) is 11.6 Å². The number of halogens is 1. The van der Waals surface area contributed by atoms with Crippen LogP contribution < -0.4 is 0 Å². The van der Waals surface area contributed by atoms with E-state index in [1.807, 2.05) is 0 Å². The van der Waals surface area contributed by atoms with Gasteiger partial charge in [-0.3, -0.25) is 4.79 Å². The van der Waals surface area contributed by atoms with Crippen molar-refractivity contribution in [3.05, 3.63) is 0 Å². The maximum absolute atomic E-state index is 11.3. The van der Waals surface area contributed by atoms with Crippen LogP contribution in [-0.4, -0.2) is 31.1 Å². The summed E-state index contributed by atoms with van der Waals surface area (Å²) in [5, 5.41) is -0.816. The molecule has 1 aliphatic rings. The van der Waals surface area contributed by atoms with Crippen LogP contribution in [0.15, 0.2) is 0 Å². The molecule has 1 atom stereocenters. The van der Waals surface area contributed by atoms with E-state index in [2.05, 4.69) is 0 Å². The van der Waals surface area contributed by atoms with Crippen LogP contribution in [0.4, 0.5) is 0 Å². The average Bonchev–Trinajstić information content (AvgIpc) is 2.02. The summed E-state index contributed by atoms with van der Waals surface area (Å²) in [6.07, 6.45) is 1.94. The van der Waals surface area contributed by atoms with E-state index in [9.17, 15) is 13.2 Å². The molecule has 5 heteroatoms. The second-order valence-corrected chi connectivity index (χ2v) is 5.52. The quantitative estimate of drug-likeness (QED) is 0.633. The summed E-state index contributed by atoms with van der Waals surface area (Å²) in [7, 11) is -3.17. The highest BCUT2D eigenvalue weighted by atomic mass is 35.5. The highest BCUT2D eigenvalue weighted by molar-refractivity contribution is 7.92. The third kappa shape index (κ3) is 1.98. The Hall–Kier alpha value is -0.0900. The summed E-state index contributed by atoms with van der Waals surface area (Å²) in [6, 6.07) is 0. The van der Waals surface area contributed by atoms with Crippen LogP contribution >= 0.6 is 11.6 Å². The van der Waals surface area contributed by atoms with Crippen LogP contribution in [-0.2, 0) is 14.6 Å². The molecule has 0 aromatic rings. The van der Waals surface area contributed by atoms with E-state index in [1.54, 1.807) is 0 Å². The molecule has 0 aromatic carbocycles. The molecule has 0 spiro atoms. The van der Waals surface area contributed by atoms with Crippen molar-refractivity contribution in [3.63, 3.8) is 0 Å². The van der Waals surface area contributed by atoms with Crippen molar-refractivity contribution in [2.75, 3.05) is 11.6 Å². The number of hydrogen-bond donors (Lipinski definition) is 0. The second kappa shape index (κ2) is 3.75. The number of ketones is 1. The molecule has 0 amide bonds. The monoisotopic (exact) mass is 210 g/mol. The van der Waals surface area contributed by atoms with Gasteiger partial charge in [-0.2, -0.15) is 0 Å². The summed E-state index contributed by atoms with van der Waals surface area (Å²) in [4.78, 5) is 11.1. The molecule has 0 bridgehead atoms. The Morgan fingerprint density at radius 1 is 1.42 bits per heavy atom. The van der Waals surface area contributed by atoms with Crippen molar-refractivity contribution in [1.82, 2.24) is 0 Å². The van der Waals surface area contributed by atoms with Gasteiger partial charge in [0.15, 0.2) is 15.6 Å². The largest absolute Gasteiger partial charge is 0.297 e. The third-order valence-corrected chi connectivity index (χ3v) is 4.56. The predicted molar refractivity (Wildman–Crippen MR) is 47.2 cm³/mol. The van der Waals surface area contributed by atoms with Crippen LogP contribution in [0.25, 0.3) is 0 Å². The third-order valence-electron chi connectivity index (χ3n) is 2.07. The van der Waals surface area contributed by atoms with Gasteiger partial charge in [-0.25, -0.2) is 8.42 Å². The smallest absolute Gasteiger partial charge is 0.165 e. The van der Waals surface area contributed by atoms with Crippen molar-refractivity contribution in [3.8, 4) is 0 Å². The van der Waals surface area contributed by atoms with Crippen molar-refractivity contribution >= 4 is 27.2 Å². The van der Waals surface area contributed by atoms with Crippen molar-refractivity contribution < 1.29 is 13.2 Å². The first-order chi connectivity index (χ1) is 5.58. The van der Waals surface area contributed by atoms with Gasteiger partial charge in [-0.15, -0.1) is 11.6 Å². The molecule has 0 aromatic heterocycles.